The molecule has 1 fully saturated rings. The summed E-state index contributed by atoms with van der Waals surface area (Å²) >= 11 is 0. The minimum absolute atomic E-state index is 0.208. The molecule has 1 aromatic rings. The van der Waals surface area contributed by atoms with Gasteiger partial charge in [0.05, 0.1) is 0 Å². The minimum Gasteiger partial charge on any atom is -0.337 e. The average molecular weight is 282 g/mol. The van der Waals surface area contributed by atoms with Crippen molar-refractivity contribution in [2.45, 2.75) is 32.2 Å². The fourth-order valence-corrected chi connectivity index (χ4v) is 2.49. The summed E-state index contributed by atoms with van der Waals surface area (Å²) in [7, 11) is 0. The topological polar surface area (TPSA) is 32.3 Å². The van der Waals surface area contributed by atoms with Crippen LogP contribution < -0.4 is 5.32 Å². The van der Waals surface area contributed by atoms with Crippen LogP contribution in [0, 0.1) is 11.6 Å². The SMILES string of the molecule is CCCNC1CCCN(C(=O)c2ccc(F)c(F)c2)C1. The zero-order valence-electron chi connectivity index (χ0n) is 11.7. The molecule has 0 spiro atoms. The molecule has 2 rings (SSSR count). The third kappa shape index (κ3) is 3.54. The highest BCUT2D eigenvalue weighted by Crippen LogP contribution is 2.16. The molecule has 1 amide bonds. The summed E-state index contributed by atoms with van der Waals surface area (Å²) in [6, 6.07) is 3.60. The molecular formula is C15H20F2N2O. The van der Waals surface area contributed by atoms with Crippen molar-refractivity contribution in [1.82, 2.24) is 10.2 Å². The first-order chi connectivity index (χ1) is 9.61. The molecule has 110 valence electrons. The van der Waals surface area contributed by atoms with E-state index < -0.39 is 11.6 Å². The first-order valence-corrected chi connectivity index (χ1v) is 7.09. The van der Waals surface area contributed by atoms with E-state index in [2.05, 4.69) is 12.2 Å². The number of nitrogens with one attached hydrogen (secondary N) is 1. The van der Waals surface area contributed by atoms with Gasteiger partial charge in [-0.05, 0) is 44.0 Å². The van der Waals surface area contributed by atoms with Crippen molar-refractivity contribution in [1.29, 1.82) is 0 Å². The second-order valence-electron chi connectivity index (χ2n) is 5.17. The number of amides is 1. The van der Waals surface area contributed by atoms with Crippen molar-refractivity contribution in [2.24, 2.45) is 0 Å². The molecule has 0 aliphatic carbocycles. The molecule has 0 aromatic heterocycles. The van der Waals surface area contributed by atoms with Gasteiger partial charge in [-0.15, -0.1) is 0 Å². The van der Waals surface area contributed by atoms with Gasteiger partial charge in [0.1, 0.15) is 0 Å². The third-order valence-corrected chi connectivity index (χ3v) is 3.56. The second-order valence-corrected chi connectivity index (χ2v) is 5.17. The molecule has 5 heteroatoms. The van der Waals surface area contributed by atoms with E-state index in [1.54, 1.807) is 4.90 Å². The maximum absolute atomic E-state index is 13.2. The fourth-order valence-electron chi connectivity index (χ4n) is 2.49. The van der Waals surface area contributed by atoms with Gasteiger partial charge in [0, 0.05) is 24.7 Å². The van der Waals surface area contributed by atoms with Crippen molar-refractivity contribution in [3.8, 4) is 0 Å². The zero-order chi connectivity index (χ0) is 14.5. The Kier molecular flexibility index (Phi) is 5.06. The van der Waals surface area contributed by atoms with E-state index in [4.69, 9.17) is 0 Å². The highest BCUT2D eigenvalue weighted by molar-refractivity contribution is 5.94. The van der Waals surface area contributed by atoms with Crippen LogP contribution in [0.5, 0.6) is 0 Å². The molecular weight excluding hydrogens is 262 g/mol. The number of halogens is 2. The maximum atomic E-state index is 13.2. The Morgan fingerprint density at radius 1 is 1.40 bits per heavy atom. The van der Waals surface area contributed by atoms with Crippen LogP contribution in [0.3, 0.4) is 0 Å². The molecule has 1 N–H and O–H groups in total. The summed E-state index contributed by atoms with van der Waals surface area (Å²) in [5.74, 6) is -2.14. The summed E-state index contributed by atoms with van der Waals surface area (Å²) < 4.78 is 26.1. The Balaban J connectivity index is 2.02. The van der Waals surface area contributed by atoms with Crippen molar-refractivity contribution in [3.63, 3.8) is 0 Å². The van der Waals surface area contributed by atoms with Crippen molar-refractivity contribution < 1.29 is 13.6 Å². The van der Waals surface area contributed by atoms with E-state index >= 15 is 0 Å². The number of piperidine rings is 1. The van der Waals surface area contributed by atoms with Gasteiger partial charge < -0.3 is 10.2 Å². The van der Waals surface area contributed by atoms with Crippen LogP contribution in [0.25, 0.3) is 0 Å². The normalized spacial score (nSPS) is 19.1. The van der Waals surface area contributed by atoms with Crippen molar-refractivity contribution in [2.75, 3.05) is 19.6 Å². The predicted octanol–water partition coefficient (Wildman–Crippen LogP) is 2.57. The van der Waals surface area contributed by atoms with Gasteiger partial charge in [-0.1, -0.05) is 6.92 Å². The lowest BCUT2D eigenvalue weighted by Crippen LogP contribution is -2.48. The average Bonchev–Trinajstić information content (AvgIpc) is 2.47. The number of rotatable bonds is 4. The number of carbonyl (C=O) groups excluding carboxylic acids is 1. The standard InChI is InChI=1S/C15H20F2N2O/c1-2-7-18-12-4-3-8-19(10-12)15(20)11-5-6-13(16)14(17)9-11/h5-6,9,12,18H,2-4,7-8,10H2,1H3. The largest absolute Gasteiger partial charge is 0.337 e. The molecule has 1 saturated heterocycles. The summed E-state index contributed by atoms with van der Waals surface area (Å²) in [6.45, 7) is 4.32. The highest BCUT2D eigenvalue weighted by atomic mass is 19.2. The van der Waals surface area contributed by atoms with Gasteiger partial charge in [0.25, 0.3) is 5.91 Å². The molecule has 1 unspecified atom stereocenters. The molecule has 0 bridgehead atoms. The Morgan fingerprint density at radius 3 is 2.90 bits per heavy atom. The van der Waals surface area contributed by atoms with E-state index in [0.29, 0.717) is 13.1 Å². The maximum Gasteiger partial charge on any atom is 0.254 e. The number of carbonyl (C=O) groups is 1. The fraction of sp³-hybridized carbons (Fsp3) is 0.533. The van der Waals surface area contributed by atoms with Gasteiger partial charge in [0.15, 0.2) is 11.6 Å². The number of nitrogens with zero attached hydrogens (tertiary/aromatic N) is 1. The van der Waals surface area contributed by atoms with Gasteiger partial charge in [-0.3, -0.25) is 4.79 Å². The van der Waals surface area contributed by atoms with E-state index in [9.17, 15) is 13.6 Å². The number of hydrogen-bond acceptors (Lipinski definition) is 2. The van der Waals surface area contributed by atoms with Gasteiger partial charge in [-0.25, -0.2) is 8.78 Å². The molecule has 1 atom stereocenters. The molecule has 20 heavy (non-hydrogen) atoms. The predicted molar refractivity (Wildman–Crippen MR) is 73.6 cm³/mol. The Bertz CT molecular complexity index is 479. The first kappa shape index (κ1) is 14.9. The zero-order valence-corrected chi connectivity index (χ0v) is 11.7. The van der Waals surface area contributed by atoms with Gasteiger partial charge >= 0.3 is 0 Å². The van der Waals surface area contributed by atoms with E-state index in [-0.39, 0.29) is 17.5 Å². The molecule has 3 nitrogen and oxygen atoms in total. The lowest BCUT2D eigenvalue weighted by molar-refractivity contribution is 0.0694. The van der Waals surface area contributed by atoms with Gasteiger partial charge in [0.2, 0.25) is 0 Å². The van der Waals surface area contributed by atoms with Crippen LogP contribution in [0.4, 0.5) is 8.78 Å². The van der Waals surface area contributed by atoms with E-state index in [1.807, 2.05) is 0 Å². The quantitative estimate of drug-likeness (QED) is 0.920. The molecule has 0 radical (unpaired) electrons. The summed E-state index contributed by atoms with van der Waals surface area (Å²) in [6.07, 6.45) is 3.02. The Morgan fingerprint density at radius 2 is 2.20 bits per heavy atom. The van der Waals surface area contributed by atoms with Crippen LogP contribution in [0.15, 0.2) is 18.2 Å². The van der Waals surface area contributed by atoms with Crippen LogP contribution in [0.2, 0.25) is 0 Å². The molecule has 1 heterocycles. The summed E-state index contributed by atoms with van der Waals surface area (Å²) in [5.41, 5.74) is 0.208. The minimum atomic E-state index is -0.978. The summed E-state index contributed by atoms with van der Waals surface area (Å²) in [5, 5.41) is 3.40. The summed E-state index contributed by atoms with van der Waals surface area (Å²) in [4.78, 5) is 14.0. The van der Waals surface area contributed by atoms with E-state index in [0.717, 1.165) is 37.9 Å². The van der Waals surface area contributed by atoms with Gasteiger partial charge in [-0.2, -0.15) is 0 Å². The Labute approximate surface area is 118 Å². The number of hydrogen-bond donors (Lipinski definition) is 1. The molecule has 1 aromatic carbocycles. The lowest BCUT2D eigenvalue weighted by atomic mass is 10.0. The highest BCUT2D eigenvalue weighted by Gasteiger charge is 2.24. The monoisotopic (exact) mass is 282 g/mol. The molecule has 1 aliphatic rings. The first-order valence-electron chi connectivity index (χ1n) is 7.09. The van der Waals surface area contributed by atoms with Crippen LogP contribution >= 0.6 is 0 Å². The molecule has 0 saturated carbocycles. The number of benzene rings is 1. The van der Waals surface area contributed by atoms with Crippen LogP contribution in [0.1, 0.15) is 36.5 Å². The smallest absolute Gasteiger partial charge is 0.254 e. The van der Waals surface area contributed by atoms with Crippen LogP contribution in [-0.2, 0) is 0 Å². The molecule has 1 aliphatic heterocycles. The number of likely N-dealkylation sites (tertiary alicyclic amines) is 1. The second kappa shape index (κ2) is 6.79. The van der Waals surface area contributed by atoms with Crippen LogP contribution in [-0.4, -0.2) is 36.5 Å². The van der Waals surface area contributed by atoms with Crippen molar-refractivity contribution in [3.05, 3.63) is 35.4 Å². The lowest BCUT2D eigenvalue weighted by Gasteiger charge is -2.33. The van der Waals surface area contributed by atoms with E-state index in [1.165, 1.54) is 6.07 Å². The van der Waals surface area contributed by atoms with Crippen molar-refractivity contribution >= 4 is 5.91 Å². The Hall–Kier alpha value is -1.49. The third-order valence-electron chi connectivity index (χ3n) is 3.56.